The van der Waals surface area contributed by atoms with E-state index in [-0.39, 0.29) is 16.5 Å². The number of carbonyl (C=O) groups is 1. The molecule has 0 saturated carbocycles. The third-order valence-corrected chi connectivity index (χ3v) is 3.45. The zero-order chi connectivity index (χ0) is 17.9. The van der Waals surface area contributed by atoms with Gasteiger partial charge in [-0.05, 0) is 43.7 Å². The van der Waals surface area contributed by atoms with E-state index in [1.807, 2.05) is 13.0 Å². The minimum Gasteiger partial charge on any atom is -0.482 e. The number of nitrogens with one attached hydrogen (secondary N) is 1. The van der Waals surface area contributed by atoms with E-state index in [1.165, 1.54) is 18.2 Å². The molecule has 0 unspecified atom stereocenters. The number of hydrogen-bond donors (Lipinski definition) is 1. The van der Waals surface area contributed by atoms with Crippen molar-refractivity contribution < 1.29 is 22.7 Å². The smallest absolute Gasteiger partial charge is 0.422 e. The summed E-state index contributed by atoms with van der Waals surface area (Å²) in [4.78, 5) is 12.4. The number of carbonyl (C=O) groups excluding carboxylic acids is 1. The van der Waals surface area contributed by atoms with E-state index in [0.29, 0.717) is 5.56 Å². The first kappa shape index (κ1) is 18.1. The predicted octanol–water partition coefficient (Wildman–Crippen LogP) is 5.15. The minimum absolute atomic E-state index is 0.0812. The molecule has 0 saturated heterocycles. The van der Waals surface area contributed by atoms with Gasteiger partial charge in [-0.15, -0.1) is 0 Å². The Labute approximate surface area is 142 Å². The fourth-order valence-electron chi connectivity index (χ4n) is 2.06. The quantitative estimate of drug-likeness (QED) is 0.821. The lowest BCUT2D eigenvalue weighted by Crippen LogP contribution is -2.20. The average Bonchev–Trinajstić information content (AvgIpc) is 2.48. The van der Waals surface area contributed by atoms with Crippen LogP contribution in [-0.4, -0.2) is 18.7 Å². The molecule has 0 aromatic heterocycles. The van der Waals surface area contributed by atoms with E-state index in [9.17, 15) is 18.0 Å². The second-order valence-corrected chi connectivity index (χ2v) is 5.75. The maximum atomic E-state index is 12.4. The van der Waals surface area contributed by atoms with Gasteiger partial charge < -0.3 is 10.1 Å². The first-order valence-electron chi connectivity index (χ1n) is 7.03. The van der Waals surface area contributed by atoms with Gasteiger partial charge in [-0.1, -0.05) is 29.3 Å². The summed E-state index contributed by atoms with van der Waals surface area (Å²) in [6.07, 6.45) is -4.48. The summed E-state index contributed by atoms with van der Waals surface area (Å²) in [5.74, 6) is -0.550. The molecule has 0 bridgehead atoms. The van der Waals surface area contributed by atoms with Crippen molar-refractivity contribution in [2.75, 3.05) is 11.9 Å². The van der Waals surface area contributed by atoms with Crippen molar-refractivity contribution in [2.24, 2.45) is 0 Å². The zero-order valence-electron chi connectivity index (χ0n) is 13.0. The molecule has 3 nitrogen and oxygen atoms in total. The Morgan fingerprint density at radius 2 is 1.88 bits per heavy atom. The van der Waals surface area contributed by atoms with Crippen LogP contribution in [0.3, 0.4) is 0 Å². The molecular formula is C17H15ClF3NO2. The number of alkyl halides is 3. The zero-order valence-corrected chi connectivity index (χ0v) is 13.8. The Morgan fingerprint density at radius 1 is 1.17 bits per heavy atom. The van der Waals surface area contributed by atoms with Gasteiger partial charge in [0.2, 0.25) is 0 Å². The monoisotopic (exact) mass is 357 g/mol. The van der Waals surface area contributed by atoms with Crippen LogP contribution in [0.2, 0.25) is 5.02 Å². The van der Waals surface area contributed by atoms with Crippen LogP contribution in [0.5, 0.6) is 5.75 Å². The Bertz CT molecular complexity index is 760. The highest BCUT2D eigenvalue weighted by Crippen LogP contribution is 2.30. The van der Waals surface area contributed by atoms with Crippen LogP contribution in [0.25, 0.3) is 0 Å². The SMILES string of the molecule is Cc1ccc(C)c(C(=O)Nc2cc(Cl)ccc2OCC(F)(F)F)c1. The largest absolute Gasteiger partial charge is 0.482 e. The van der Waals surface area contributed by atoms with Crippen molar-refractivity contribution in [3.63, 3.8) is 0 Å². The third kappa shape index (κ3) is 4.89. The normalized spacial score (nSPS) is 11.2. The highest BCUT2D eigenvalue weighted by atomic mass is 35.5. The molecule has 0 fully saturated rings. The summed E-state index contributed by atoms with van der Waals surface area (Å²) in [5, 5.41) is 2.83. The van der Waals surface area contributed by atoms with Crippen LogP contribution in [0.15, 0.2) is 36.4 Å². The number of amides is 1. The maximum absolute atomic E-state index is 12.4. The molecule has 0 radical (unpaired) electrons. The van der Waals surface area contributed by atoms with Crippen molar-refractivity contribution in [3.05, 3.63) is 58.1 Å². The lowest BCUT2D eigenvalue weighted by Gasteiger charge is -2.15. The molecule has 1 N–H and O–H groups in total. The van der Waals surface area contributed by atoms with E-state index < -0.39 is 18.7 Å². The number of aryl methyl sites for hydroxylation is 2. The molecule has 1 amide bonds. The fourth-order valence-corrected chi connectivity index (χ4v) is 2.23. The van der Waals surface area contributed by atoms with E-state index in [4.69, 9.17) is 16.3 Å². The predicted molar refractivity (Wildman–Crippen MR) is 86.9 cm³/mol. The molecule has 0 atom stereocenters. The number of rotatable bonds is 4. The minimum atomic E-state index is -4.48. The summed E-state index contributed by atoms with van der Waals surface area (Å²) >= 11 is 5.86. The van der Waals surface area contributed by atoms with Gasteiger partial charge in [0, 0.05) is 10.6 Å². The van der Waals surface area contributed by atoms with Gasteiger partial charge in [-0.3, -0.25) is 4.79 Å². The molecule has 2 aromatic carbocycles. The second kappa shape index (κ2) is 7.13. The molecule has 0 aliphatic carbocycles. The van der Waals surface area contributed by atoms with Gasteiger partial charge in [0.1, 0.15) is 5.75 Å². The van der Waals surface area contributed by atoms with E-state index in [1.54, 1.807) is 19.1 Å². The third-order valence-electron chi connectivity index (χ3n) is 3.22. The number of halogens is 4. The summed E-state index contributed by atoms with van der Waals surface area (Å²) < 4.78 is 41.8. The highest BCUT2D eigenvalue weighted by Gasteiger charge is 2.29. The Hall–Kier alpha value is -2.21. The summed E-state index contributed by atoms with van der Waals surface area (Å²) in [7, 11) is 0. The van der Waals surface area contributed by atoms with E-state index in [0.717, 1.165) is 11.1 Å². The first-order valence-corrected chi connectivity index (χ1v) is 7.41. The van der Waals surface area contributed by atoms with Gasteiger partial charge in [-0.25, -0.2) is 0 Å². The molecule has 0 heterocycles. The van der Waals surface area contributed by atoms with Crippen molar-refractivity contribution in [3.8, 4) is 5.75 Å². The molecule has 2 aromatic rings. The van der Waals surface area contributed by atoms with Gasteiger partial charge in [0.05, 0.1) is 5.69 Å². The number of ether oxygens (including phenoxy) is 1. The van der Waals surface area contributed by atoms with Crippen LogP contribution >= 0.6 is 11.6 Å². The fraction of sp³-hybridized carbons (Fsp3) is 0.235. The molecule has 0 aliphatic heterocycles. The van der Waals surface area contributed by atoms with E-state index >= 15 is 0 Å². The van der Waals surface area contributed by atoms with Crippen molar-refractivity contribution >= 4 is 23.2 Å². The van der Waals surface area contributed by atoms with Crippen LogP contribution < -0.4 is 10.1 Å². The summed E-state index contributed by atoms with van der Waals surface area (Å²) in [5.41, 5.74) is 2.15. The number of hydrogen-bond acceptors (Lipinski definition) is 2. The standard InChI is InChI=1S/C17H15ClF3NO2/c1-10-3-4-11(2)13(7-10)16(23)22-14-8-12(18)5-6-15(14)24-9-17(19,20)21/h3-8H,9H2,1-2H3,(H,22,23). The molecule has 0 spiro atoms. The van der Waals surface area contributed by atoms with Gasteiger partial charge >= 0.3 is 6.18 Å². The maximum Gasteiger partial charge on any atom is 0.422 e. The highest BCUT2D eigenvalue weighted by molar-refractivity contribution is 6.31. The van der Waals surface area contributed by atoms with Crippen molar-refractivity contribution in [1.29, 1.82) is 0 Å². The molecule has 0 aliphatic rings. The van der Waals surface area contributed by atoms with Crippen molar-refractivity contribution in [2.45, 2.75) is 20.0 Å². The van der Waals surface area contributed by atoms with Gasteiger partial charge in [0.15, 0.2) is 6.61 Å². The Morgan fingerprint density at radius 3 is 2.54 bits per heavy atom. The van der Waals surface area contributed by atoms with Crippen LogP contribution in [0, 0.1) is 13.8 Å². The van der Waals surface area contributed by atoms with Crippen LogP contribution in [0.1, 0.15) is 21.5 Å². The molecular weight excluding hydrogens is 343 g/mol. The average molecular weight is 358 g/mol. The van der Waals surface area contributed by atoms with Crippen molar-refractivity contribution in [1.82, 2.24) is 0 Å². The summed E-state index contributed by atoms with van der Waals surface area (Å²) in [6.45, 7) is 2.15. The first-order chi connectivity index (χ1) is 11.2. The number of benzene rings is 2. The lowest BCUT2D eigenvalue weighted by atomic mass is 10.0. The summed E-state index contributed by atoms with van der Waals surface area (Å²) in [6, 6.07) is 9.38. The second-order valence-electron chi connectivity index (χ2n) is 5.32. The number of anilines is 1. The Balaban J connectivity index is 2.26. The van der Waals surface area contributed by atoms with Gasteiger partial charge in [0.25, 0.3) is 5.91 Å². The molecule has 24 heavy (non-hydrogen) atoms. The molecule has 128 valence electrons. The van der Waals surface area contributed by atoms with Crippen LogP contribution in [-0.2, 0) is 0 Å². The van der Waals surface area contributed by atoms with E-state index in [2.05, 4.69) is 5.32 Å². The topological polar surface area (TPSA) is 38.3 Å². The Kier molecular flexibility index (Phi) is 5.39. The van der Waals surface area contributed by atoms with Crippen LogP contribution in [0.4, 0.5) is 18.9 Å². The molecule has 7 heteroatoms. The molecule has 2 rings (SSSR count). The lowest BCUT2D eigenvalue weighted by molar-refractivity contribution is -0.153. The van der Waals surface area contributed by atoms with Gasteiger partial charge in [-0.2, -0.15) is 13.2 Å².